The maximum atomic E-state index is 15.1. The molecule has 46 heavy (non-hydrogen) atoms. The second kappa shape index (κ2) is 14.1. The lowest BCUT2D eigenvalue weighted by atomic mass is 9.84. The summed E-state index contributed by atoms with van der Waals surface area (Å²) in [6, 6.07) is 9.84. The number of aliphatic imine (C=N–C) groups is 1. The SMILES string of the molecule is CC(C)C1=C(N2CCCSC2=NC(=O)NC(F)C(F)c2ccc(-c3ncn(-c4ccc(OC(F)(F)F)cc4)n3)cc2)C=CCC1C. The molecule has 0 bridgehead atoms. The second-order valence-corrected chi connectivity index (χ2v) is 12.3. The number of thioether (sulfide) groups is 1. The largest absolute Gasteiger partial charge is 0.573 e. The Hall–Kier alpha value is -4.20. The molecule has 14 heteroatoms. The van der Waals surface area contributed by atoms with E-state index in [1.807, 2.05) is 10.2 Å². The highest BCUT2D eigenvalue weighted by atomic mass is 32.2. The van der Waals surface area contributed by atoms with E-state index in [1.54, 1.807) is 0 Å². The van der Waals surface area contributed by atoms with Gasteiger partial charge in [0.15, 0.2) is 17.2 Å². The minimum atomic E-state index is -4.80. The highest BCUT2D eigenvalue weighted by molar-refractivity contribution is 8.13. The summed E-state index contributed by atoms with van der Waals surface area (Å²) in [5.41, 5.74) is 3.22. The lowest BCUT2D eigenvalue weighted by Crippen LogP contribution is -2.38. The Morgan fingerprint density at radius 2 is 1.83 bits per heavy atom. The maximum absolute atomic E-state index is 15.1. The van der Waals surface area contributed by atoms with Gasteiger partial charge < -0.3 is 15.0 Å². The molecule has 0 radical (unpaired) electrons. The fraction of sp³-hybridized carbons (Fsp3) is 0.375. The minimum Gasteiger partial charge on any atom is -0.406 e. The number of urea groups is 1. The number of amides is 2. The third kappa shape index (κ3) is 7.95. The number of nitrogens with zero attached hydrogens (tertiary/aromatic N) is 5. The van der Waals surface area contributed by atoms with Crippen molar-refractivity contribution in [2.75, 3.05) is 12.3 Å². The van der Waals surface area contributed by atoms with Crippen LogP contribution in [0.3, 0.4) is 0 Å². The first-order chi connectivity index (χ1) is 21.9. The Bertz CT molecular complexity index is 1620. The monoisotopic (exact) mass is 660 g/mol. The smallest absolute Gasteiger partial charge is 0.406 e. The minimum absolute atomic E-state index is 0.00869. The predicted octanol–water partition coefficient (Wildman–Crippen LogP) is 8.15. The summed E-state index contributed by atoms with van der Waals surface area (Å²) >= 11 is 1.41. The number of rotatable bonds is 8. The molecule has 2 aliphatic rings. The predicted molar refractivity (Wildman–Crippen MR) is 167 cm³/mol. The van der Waals surface area contributed by atoms with Gasteiger partial charge in [-0.05, 0) is 66.2 Å². The molecule has 244 valence electrons. The van der Waals surface area contributed by atoms with E-state index in [0.29, 0.717) is 34.8 Å². The average molecular weight is 661 g/mol. The molecule has 3 atom stereocenters. The van der Waals surface area contributed by atoms with Crippen molar-refractivity contribution in [1.29, 1.82) is 0 Å². The molecule has 1 fully saturated rings. The molecule has 1 aliphatic carbocycles. The number of carbonyl (C=O) groups excluding carboxylic acids is 1. The van der Waals surface area contributed by atoms with Crippen LogP contribution in [0, 0.1) is 11.8 Å². The topological polar surface area (TPSA) is 84.6 Å². The molecule has 5 rings (SSSR count). The molecule has 3 aromatic rings. The van der Waals surface area contributed by atoms with E-state index in [4.69, 9.17) is 0 Å². The fourth-order valence-corrected chi connectivity index (χ4v) is 6.41. The van der Waals surface area contributed by atoms with Crippen LogP contribution in [0.2, 0.25) is 0 Å². The summed E-state index contributed by atoms with van der Waals surface area (Å²) in [4.78, 5) is 23.1. The summed E-state index contributed by atoms with van der Waals surface area (Å²) in [6.45, 7) is 7.13. The first-order valence-electron chi connectivity index (χ1n) is 14.8. The normalized spacial score (nSPS) is 19.5. The van der Waals surface area contributed by atoms with E-state index in [2.05, 4.69) is 52.7 Å². The van der Waals surface area contributed by atoms with Gasteiger partial charge in [-0.3, -0.25) is 0 Å². The Labute approximate surface area is 267 Å². The van der Waals surface area contributed by atoms with Gasteiger partial charge in [0.2, 0.25) is 6.30 Å². The van der Waals surface area contributed by atoms with Crippen molar-refractivity contribution < 1.29 is 31.5 Å². The number of benzene rings is 2. The number of amidine groups is 1. The van der Waals surface area contributed by atoms with Crippen molar-refractivity contribution in [3.8, 4) is 22.8 Å². The lowest BCUT2D eigenvalue weighted by Gasteiger charge is -2.36. The third-order valence-corrected chi connectivity index (χ3v) is 8.59. The van der Waals surface area contributed by atoms with E-state index in [9.17, 15) is 22.4 Å². The van der Waals surface area contributed by atoms with Gasteiger partial charge in [0.1, 0.15) is 12.1 Å². The van der Waals surface area contributed by atoms with Crippen molar-refractivity contribution in [1.82, 2.24) is 25.0 Å². The van der Waals surface area contributed by atoms with Crippen molar-refractivity contribution >= 4 is 23.0 Å². The molecule has 8 nitrogen and oxygen atoms in total. The molecule has 1 aromatic heterocycles. The van der Waals surface area contributed by atoms with Crippen LogP contribution < -0.4 is 10.1 Å². The van der Waals surface area contributed by atoms with Gasteiger partial charge in [-0.2, -0.15) is 4.99 Å². The number of halogens is 5. The number of aromatic nitrogens is 3. The van der Waals surface area contributed by atoms with Crippen molar-refractivity contribution in [3.63, 3.8) is 0 Å². The van der Waals surface area contributed by atoms with Crippen LogP contribution in [0.4, 0.5) is 26.7 Å². The molecule has 0 spiro atoms. The molecule has 0 saturated carbocycles. The zero-order chi connectivity index (χ0) is 33.0. The van der Waals surface area contributed by atoms with Gasteiger partial charge >= 0.3 is 12.4 Å². The van der Waals surface area contributed by atoms with Crippen LogP contribution in [-0.2, 0) is 0 Å². The number of ether oxygens (including phenoxy) is 1. The Morgan fingerprint density at radius 3 is 2.50 bits per heavy atom. The summed E-state index contributed by atoms with van der Waals surface area (Å²) in [5, 5.41) is 6.80. The number of carbonyl (C=O) groups is 1. The average Bonchev–Trinajstić information content (AvgIpc) is 3.51. The van der Waals surface area contributed by atoms with Gasteiger partial charge in [0.05, 0.1) is 5.69 Å². The van der Waals surface area contributed by atoms with E-state index in [-0.39, 0.29) is 17.1 Å². The lowest BCUT2D eigenvalue weighted by molar-refractivity contribution is -0.274. The molecular formula is C32H33F5N6O2S. The zero-order valence-corrected chi connectivity index (χ0v) is 26.2. The van der Waals surface area contributed by atoms with E-state index < -0.39 is 24.9 Å². The van der Waals surface area contributed by atoms with Crippen molar-refractivity contribution in [2.45, 2.75) is 52.4 Å². The van der Waals surface area contributed by atoms with Crippen molar-refractivity contribution in [2.24, 2.45) is 16.8 Å². The molecule has 1 N–H and O–H groups in total. The van der Waals surface area contributed by atoms with Crippen LogP contribution >= 0.6 is 11.8 Å². The van der Waals surface area contributed by atoms with E-state index in [0.717, 1.165) is 36.4 Å². The van der Waals surface area contributed by atoms with Gasteiger partial charge in [0.25, 0.3) is 0 Å². The molecule has 2 heterocycles. The molecule has 1 saturated heterocycles. The van der Waals surface area contributed by atoms with Crippen LogP contribution in [-0.4, -0.2) is 55.8 Å². The summed E-state index contributed by atoms with van der Waals surface area (Å²) < 4.78 is 72.6. The molecule has 1 aliphatic heterocycles. The first kappa shape index (κ1) is 33.2. The standard InChI is InChI=1S/C32H33F5N6O2S/c1-19(2)26-20(3)6-4-7-25(26)42-16-5-17-46-31(42)40-30(44)39-28(34)27(33)21-8-10-22(11-9-21)29-38-18-43(41-29)23-12-14-24(15-13-23)45-32(35,36)37/h4,7-15,18-20,27-28H,5-6,16-17H2,1-3H3,(H,39,44). The number of alkyl halides is 5. The third-order valence-electron chi connectivity index (χ3n) is 7.52. The summed E-state index contributed by atoms with van der Waals surface area (Å²) in [7, 11) is 0. The number of allylic oxidation sites excluding steroid dienone is 3. The second-order valence-electron chi connectivity index (χ2n) is 11.2. The summed E-state index contributed by atoms with van der Waals surface area (Å²) in [6.07, 6.45) is -1.92. The quantitative estimate of drug-likeness (QED) is 0.194. The fourth-order valence-electron chi connectivity index (χ4n) is 5.46. The van der Waals surface area contributed by atoms with Gasteiger partial charge in [0, 0.05) is 23.6 Å². The van der Waals surface area contributed by atoms with E-state index in [1.165, 1.54) is 64.7 Å². The summed E-state index contributed by atoms with van der Waals surface area (Å²) in [5.74, 6) is 1.30. The Morgan fingerprint density at radius 1 is 1.11 bits per heavy atom. The Kier molecular flexibility index (Phi) is 10.1. The van der Waals surface area contributed by atoms with Gasteiger partial charge in [-0.25, -0.2) is 23.2 Å². The van der Waals surface area contributed by atoms with Crippen LogP contribution in [0.15, 0.2) is 83.3 Å². The molecule has 2 amide bonds. The van der Waals surface area contributed by atoms with E-state index >= 15 is 4.39 Å². The molecular weight excluding hydrogens is 627 g/mol. The van der Waals surface area contributed by atoms with Crippen LogP contribution in [0.5, 0.6) is 5.75 Å². The zero-order valence-electron chi connectivity index (χ0n) is 25.3. The number of hydrogen-bond acceptors (Lipinski definition) is 5. The highest BCUT2D eigenvalue weighted by Crippen LogP contribution is 2.35. The van der Waals surface area contributed by atoms with Crippen LogP contribution in [0.1, 0.15) is 45.3 Å². The highest BCUT2D eigenvalue weighted by Gasteiger charge is 2.31. The van der Waals surface area contributed by atoms with Crippen LogP contribution in [0.25, 0.3) is 17.1 Å². The first-order valence-corrected chi connectivity index (χ1v) is 15.7. The van der Waals surface area contributed by atoms with Gasteiger partial charge in [-0.1, -0.05) is 62.9 Å². The maximum Gasteiger partial charge on any atom is 0.573 e. The van der Waals surface area contributed by atoms with Crippen molar-refractivity contribution in [3.05, 3.63) is 83.8 Å². The molecule has 3 unspecified atom stereocenters. The Balaban J connectivity index is 1.23. The molecule has 2 aromatic carbocycles. The number of hydrogen-bond donors (Lipinski definition) is 1. The van der Waals surface area contributed by atoms with Gasteiger partial charge in [-0.15, -0.1) is 18.3 Å². The number of nitrogens with one attached hydrogen (secondary N) is 1.